The van der Waals surface area contributed by atoms with Crippen molar-refractivity contribution in [3.63, 3.8) is 0 Å². The van der Waals surface area contributed by atoms with E-state index in [1.807, 2.05) is 18.4 Å². The molecule has 0 aromatic carbocycles. The zero-order valence-corrected chi connectivity index (χ0v) is 14.3. The Morgan fingerprint density at radius 2 is 1.95 bits per heavy atom. The van der Waals surface area contributed by atoms with Gasteiger partial charge in [0.15, 0.2) is 5.82 Å². The van der Waals surface area contributed by atoms with Gasteiger partial charge >= 0.3 is 0 Å². The lowest BCUT2D eigenvalue weighted by molar-refractivity contribution is 0.515. The van der Waals surface area contributed by atoms with Crippen LogP contribution >= 0.6 is 0 Å². The summed E-state index contributed by atoms with van der Waals surface area (Å²) in [5, 5.41) is 0. The van der Waals surface area contributed by atoms with Crippen LogP contribution in [0.3, 0.4) is 0 Å². The van der Waals surface area contributed by atoms with Gasteiger partial charge in [-0.2, -0.15) is 0 Å². The van der Waals surface area contributed by atoms with E-state index in [1.165, 1.54) is 4.31 Å². The standard InChI is InChI=1S/C14H23N5O2S/c1-10-11(2)17-14(15)12-13(10)19(9-16-12)7-5-6-8-22(20,21)18(3)4/h9H,5-8H2,1-4H3,(H2,15,17). The first-order chi connectivity index (χ1) is 10.2. The first-order valence-corrected chi connectivity index (χ1v) is 8.82. The number of aryl methyl sites for hydroxylation is 3. The van der Waals surface area contributed by atoms with Crippen LogP contribution in [0.2, 0.25) is 0 Å². The van der Waals surface area contributed by atoms with Gasteiger partial charge in [0.25, 0.3) is 0 Å². The highest BCUT2D eigenvalue weighted by Gasteiger charge is 2.14. The van der Waals surface area contributed by atoms with Gasteiger partial charge in [0.2, 0.25) is 10.0 Å². The molecule has 2 heterocycles. The molecule has 22 heavy (non-hydrogen) atoms. The minimum Gasteiger partial charge on any atom is -0.382 e. The Balaban J connectivity index is 2.10. The van der Waals surface area contributed by atoms with E-state index < -0.39 is 10.0 Å². The largest absolute Gasteiger partial charge is 0.382 e. The number of rotatable bonds is 6. The lowest BCUT2D eigenvalue weighted by Gasteiger charge is -2.11. The van der Waals surface area contributed by atoms with Gasteiger partial charge in [0.05, 0.1) is 17.6 Å². The average Bonchev–Trinajstić information content (AvgIpc) is 2.85. The molecule has 2 aromatic heterocycles. The van der Waals surface area contributed by atoms with Gasteiger partial charge in [-0.05, 0) is 32.3 Å². The number of unbranched alkanes of at least 4 members (excludes halogenated alkanes) is 1. The Kier molecular flexibility index (Phi) is 4.72. The zero-order valence-electron chi connectivity index (χ0n) is 13.5. The molecule has 8 heteroatoms. The maximum Gasteiger partial charge on any atom is 0.213 e. The predicted octanol–water partition coefficient (Wildman–Crippen LogP) is 1.30. The highest BCUT2D eigenvalue weighted by atomic mass is 32.2. The van der Waals surface area contributed by atoms with E-state index in [0.717, 1.165) is 23.2 Å². The molecule has 2 N–H and O–H groups in total. The molecular weight excluding hydrogens is 302 g/mol. The molecule has 0 aliphatic carbocycles. The van der Waals surface area contributed by atoms with Gasteiger partial charge in [-0.1, -0.05) is 0 Å². The highest BCUT2D eigenvalue weighted by Crippen LogP contribution is 2.24. The Bertz CT molecular complexity index is 780. The zero-order chi connectivity index (χ0) is 16.5. The van der Waals surface area contributed by atoms with Crippen LogP contribution in [0.15, 0.2) is 6.33 Å². The lowest BCUT2D eigenvalue weighted by atomic mass is 10.2. The van der Waals surface area contributed by atoms with Crippen molar-refractivity contribution in [2.24, 2.45) is 0 Å². The van der Waals surface area contributed by atoms with Crippen molar-refractivity contribution in [3.8, 4) is 0 Å². The molecule has 0 aliphatic heterocycles. The van der Waals surface area contributed by atoms with Crippen molar-refractivity contribution < 1.29 is 8.42 Å². The molecule has 0 bridgehead atoms. The molecule has 0 atom stereocenters. The molecule has 0 saturated carbocycles. The minimum absolute atomic E-state index is 0.161. The van der Waals surface area contributed by atoms with Crippen LogP contribution in [0, 0.1) is 13.8 Å². The Labute approximate surface area is 131 Å². The van der Waals surface area contributed by atoms with Gasteiger partial charge < -0.3 is 10.3 Å². The third-order valence-corrected chi connectivity index (χ3v) is 5.79. The van der Waals surface area contributed by atoms with Crippen LogP contribution in [-0.4, -0.2) is 47.1 Å². The number of aromatic nitrogens is 3. The van der Waals surface area contributed by atoms with Crippen LogP contribution in [0.4, 0.5) is 5.82 Å². The number of nitrogens with two attached hydrogens (primary N) is 1. The minimum atomic E-state index is -3.12. The third kappa shape index (κ3) is 3.22. The van der Waals surface area contributed by atoms with Crippen molar-refractivity contribution in [2.45, 2.75) is 33.2 Å². The third-order valence-electron chi connectivity index (χ3n) is 3.87. The average molecular weight is 325 g/mol. The summed E-state index contributed by atoms with van der Waals surface area (Å²) < 4.78 is 26.7. The van der Waals surface area contributed by atoms with Crippen LogP contribution in [0.1, 0.15) is 24.1 Å². The first-order valence-electron chi connectivity index (χ1n) is 7.21. The molecule has 0 fully saturated rings. The van der Waals surface area contributed by atoms with Crippen LogP contribution < -0.4 is 5.73 Å². The van der Waals surface area contributed by atoms with E-state index in [1.54, 1.807) is 20.4 Å². The summed E-state index contributed by atoms with van der Waals surface area (Å²) in [5.74, 6) is 0.598. The molecule has 0 spiro atoms. The van der Waals surface area contributed by atoms with Crippen molar-refractivity contribution in [3.05, 3.63) is 17.6 Å². The van der Waals surface area contributed by atoms with Crippen LogP contribution in [-0.2, 0) is 16.6 Å². The molecule has 0 aliphatic rings. The molecule has 0 saturated heterocycles. The molecule has 2 aromatic rings. The summed E-state index contributed by atoms with van der Waals surface area (Å²) in [7, 11) is -0.0126. The fraction of sp³-hybridized carbons (Fsp3) is 0.571. The summed E-state index contributed by atoms with van der Waals surface area (Å²) in [6.45, 7) is 4.63. The smallest absolute Gasteiger partial charge is 0.213 e. The van der Waals surface area contributed by atoms with Gasteiger partial charge in [-0.25, -0.2) is 22.7 Å². The molecule has 122 valence electrons. The second-order valence-corrected chi connectivity index (χ2v) is 7.95. The summed E-state index contributed by atoms with van der Waals surface area (Å²) >= 11 is 0. The van der Waals surface area contributed by atoms with E-state index in [2.05, 4.69) is 9.97 Å². The van der Waals surface area contributed by atoms with E-state index in [-0.39, 0.29) is 5.75 Å². The summed E-state index contributed by atoms with van der Waals surface area (Å²) in [4.78, 5) is 8.60. The molecule has 0 radical (unpaired) electrons. The molecule has 2 rings (SSSR count). The number of hydrogen-bond acceptors (Lipinski definition) is 5. The van der Waals surface area contributed by atoms with Crippen LogP contribution in [0.25, 0.3) is 11.0 Å². The Morgan fingerprint density at radius 3 is 2.59 bits per heavy atom. The first kappa shape index (κ1) is 16.7. The number of imidazole rings is 1. The number of anilines is 1. The Morgan fingerprint density at radius 1 is 1.27 bits per heavy atom. The van der Waals surface area contributed by atoms with E-state index in [4.69, 9.17) is 5.73 Å². The molecule has 0 unspecified atom stereocenters. The fourth-order valence-electron chi connectivity index (χ4n) is 2.37. The molecular formula is C14H23N5O2S. The van der Waals surface area contributed by atoms with Gasteiger partial charge in [0, 0.05) is 26.3 Å². The number of nitrogen functional groups attached to an aromatic ring is 1. The number of fused-ring (bicyclic) bond motifs is 1. The number of hydrogen-bond donors (Lipinski definition) is 1. The van der Waals surface area contributed by atoms with Crippen LogP contribution in [0.5, 0.6) is 0 Å². The number of sulfonamides is 1. The van der Waals surface area contributed by atoms with Crippen molar-refractivity contribution >= 4 is 26.9 Å². The summed E-state index contributed by atoms with van der Waals surface area (Å²) in [5.41, 5.74) is 9.56. The monoisotopic (exact) mass is 325 g/mol. The van der Waals surface area contributed by atoms with E-state index >= 15 is 0 Å². The molecule has 0 amide bonds. The maximum absolute atomic E-state index is 11.7. The topological polar surface area (TPSA) is 94.1 Å². The quantitative estimate of drug-likeness (QED) is 0.808. The van der Waals surface area contributed by atoms with Crippen molar-refractivity contribution in [2.75, 3.05) is 25.6 Å². The summed E-state index contributed by atoms with van der Waals surface area (Å²) in [6, 6.07) is 0. The van der Waals surface area contributed by atoms with E-state index in [0.29, 0.717) is 24.3 Å². The number of pyridine rings is 1. The fourth-order valence-corrected chi connectivity index (χ4v) is 3.30. The highest BCUT2D eigenvalue weighted by molar-refractivity contribution is 7.89. The van der Waals surface area contributed by atoms with Crippen molar-refractivity contribution in [1.82, 2.24) is 18.8 Å². The van der Waals surface area contributed by atoms with Crippen molar-refractivity contribution in [1.29, 1.82) is 0 Å². The SMILES string of the molecule is Cc1nc(N)c2ncn(CCCCS(=O)(=O)N(C)C)c2c1C. The van der Waals surface area contributed by atoms with Gasteiger partial charge in [-0.15, -0.1) is 0 Å². The molecule has 7 nitrogen and oxygen atoms in total. The second-order valence-electron chi connectivity index (χ2n) is 5.65. The van der Waals surface area contributed by atoms with E-state index in [9.17, 15) is 8.42 Å². The predicted molar refractivity (Wildman–Crippen MR) is 88.1 cm³/mol. The Hall–Kier alpha value is -1.67. The van der Waals surface area contributed by atoms with Gasteiger partial charge in [-0.3, -0.25) is 0 Å². The number of nitrogens with zero attached hydrogens (tertiary/aromatic N) is 4. The summed E-state index contributed by atoms with van der Waals surface area (Å²) in [6.07, 6.45) is 3.12. The normalized spacial score (nSPS) is 12.4. The maximum atomic E-state index is 11.7. The second kappa shape index (κ2) is 6.21. The van der Waals surface area contributed by atoms with Gasteiger partial charge in [0.1, 0.15) is 5.52 Å². The lowest BCUT2D eigenvalue weighted by Crippen LogP contribution is -2.25.